The highest BCUT2D eigenvalue weighted by Crippen LogP contribution is 2.18. The molecule has 0 unspecified atom stereocenters. The highest BCUT2D eigenvalue weighted by Gasteiger charge is 2.38. The molecule has 7 nitrogen and oxygen atoms in total. The number of nitrogens with one attached hydrogen (secondary N) is 2. The molecule has 1 aromatic rings. The average Bonchev–Trinajstić information content (AvgIpc) is 2.52. The summed E-state index contributed by atoms with van der Waals surface area (Å²) in [4.78, 5) is 31.9. The van der Waals surface area contributed by atoms with Crippen LogP contribution in [0.2, 0.25) is 0 Å². The summed E-state index contributed by atoms with van der Waals surface area (Å²) in [5.41, 5.74) is 1.09. The molecule has 0 saturated carbocycles. The van der Waals surface area contributed by atoms with Crippen LogP contribution in [0.1, 0.15) is 5.56 Å². The van der Waals surface area contributed by atoms with Crippen molar-refractivity contribution in [3.63, 3.8) is 0 Å². The van der Waals surface area contributed by atoms with Gasteiger partial charge in [0.25, 0.3) is 0 Å². The molecule has 2 N–H and O–H groups in total. The summed E-state index contributed by atoms with van der Waals surface area (Å²) < 4.78 is 0. The fourth-order valence-electron chi connectivity index (χ4n) is 2.92. The topological polar surface area (TPSA) is 77.6 Å². The molecule has 0 radical (unpaired) electrons. The van der Waals surface area contributed by atoms with E-state index in [-0.39, 0.29) is 24.4 Å². The van der Waals surface area contributed by atoms with Crippen molar-refractivity contribution in [1.82, 2.24) is 20.1 Å². The molecule has 2 aliphatic heterocycles. The fourth-order valence-corrected chi connectivity index (χ4v) is 2.92. The summed E-state index contributed by atoms with van der Waals surface area (Å²) in [6.07, 6.45) is 1.75. The summed E-state index contributed by atoms with van der Waals surface area (Å²) >= 11 is 0. The maximum atomic E-state index is 11.9. The first-order chi connectivity index (χ1) is 10.2. The van der Waals surface area contributed by atoms with Crippen LogP contribution >= 0.6 is 0 Å². The zero-order valence-corrected chi connectivity index (χ0v) is 12.0. The molecule has 0 aliphatic carbocycles. The molecule has 3 rings (SSSR count). The quantitative estimate of drug-likeness (QED) is 0.767. The third-order valence-electron chi connectivity index (χ3n) is 4.02. The van der Waals surface area contributed by atoms with Gasteiger partial charge in [-0.3, -0.25) is 14.5 Å². The van der Waals surface area contributed by atoms with Gasteiger partial charge in [-0.25, -0.2) is 4.98 Å². The van der Waals surface area contributed by atoms with Crippen molar-refractivity contribution in [3.05, 3.63) is 23.9 Å². The molecule has 1 atom stereocenters. The first kappa shape index (κ1) is 13.8. The van der Waals surface area contributed by atoms with E-state index >= 15 is 0 Å². The lowest BCUT2D eigenvalue weighted by Crippen LogP contribution is -2.65. The number of hydrogen-bond donors (Lipinski definition) is 2. The number of carbonyl (C=O) groups is 2. The summed E-state index contributed by atoms with van der Waals surface area (Å²) in [7, 11) is 1.84. The number of aromatic nitrogens is 1. The van der Waals surface area contributed by atoms with Crippen molar-refractivity contribution >= 4 is 17.6 Å². The van der Waals surface area contributed by atoms with Crippen LogP contribution in [0, 0.1) is 0 Å². The van der Waals surface area contributed by atoms with Gasteiger partial charge in [-0.2, -0.15) is 0 Å². The lowest BCUT2D eigenvalue weighted by molar-refractivity contribution is -0.149. The lowest BCUT2D eigenvalue weighted by Gasteiger charge is -2.43. The Hall–Kier alpha value is -2.15. The molecule has 2 fully saturated rings. The Bertz CT molecular complexity index is 562. The molecule has 2 aliphatic rings. The van der Waals surface area contributed by atoms with E-state index in [1.54, 1.807) is 11.1 Å². The van der Waals surface area contributed by atoms with Crippen LogP contribution in [-0.2, 0) is 16.1 Å². The Morgan fingerprint density at radius 1 is 1.43 bits per heavy atom. The number of fused-ring (bicyclic) bond motifs is 1. The van der Waals surface area contributed by atoms with Crippen molar-refractivity contribution in [3.8, 4) is 0 Å². The minimum absolute atomic E-state index is 0.0107. The van der Waals surface area contributed by atoms with E-state index in [0.717, 1.165) is 24.5 Å². The molecular weight excluding hydrogens is 270 g/mol. The highest BCUT2D eigenvalue weighted by molar-refractivity contribution is 5.95. The summed E-state index contributed by atoms with van der Waals surface area (Å²) in [5, 5.41) is 5.73. The maximum Gasteiger partial charge on any atom is 0.244 e. The van der Waals surface area contributed by atoms with E-state index < -0.39 is 0 Å². The number of amides is 2. The Morgan fingerprint density at radius 3 is 3.10 bits per heavy atom. The predicted octanol–water partition coefficient (Wildman–Crippen LogP) is -0.734. The van der Waals surface area contributed by atoms with Crippen LogP contribution in [0.4, 0.5) is 5.82 Å². The van der Waals surface area contributed by atoms with Gasteiger partial charge < -0.3 is 15.5 Å². The second-order valence-electron chi connectivity index (χ2n) is 5.32. The van der Waals surface area contributed by atoms with Gasteiger partial charge in [-0.1, -0.05) is 6.07 Å². The van der Waals surface area contributed by atoms with Crippen molar-refractivity contribution in [2.45, 2.75) is 12.6 Å². The van der Waals surface area contributed by atoms with Crippen LogP contribution in [0.15, 0.2) is 18.3 Å². The lowest BCUT2D eigenvalue weighted by atomic mass is 10.1. The van der Waals surface area contributed by atoms with Crippen molar-refractivity contribution in [2.24, 2.45) is 0 Å². The van der Waals surface area contributed by atoms with Crippen LogP contribution < -0.4 is 10.6 Å². The number of carbonyl (C=O) groups excluding carboxylic acids is 2. The monoisotopic (exact) mass is 289 g/mol. The van der Waals surface area contributed by atoms with Gasteiger partial charge in [0, 0.05) is 45.0 Å². The van der Waals surface area contributed by atoms with Crippen LogP contribution in [-0.4, -0.2) is 65.9 Å². The first-order valence-corrected chi connectivity index (χ1v) is 7.10. The van der Waals surface area contributed by atoms with Gasteiger partial charge in [0.2, 0.25) is 11.8 Å². The van der Waals surface area contributed by atoms with Crippen LogP contribution in [0.5, 0.6) is 0 Å². The van der Waals surface area contributed by atoms with Crippen molar-refractivity contribution in [1.29, 1.82) is 0 Å². The molecule has 0 spiro atoms. The Kier molecular flexibility index (Phi) is 3.74. The Morgan fingerprint density at radius 2 is 2.29 bits per heavy atom. The minimum atomic E-state index is -0.366. The normalized spacial score (nSPS) is 22.7. The standard InChI is InChI=1S/C14H19N5O2/c1-15-13-10(3-2-4-16-13)8-18-5-6-19-11(9-18)14(21)17-7-12(19)20/h2-4,11H,5-9H2,1H3,(H,15,16)(H,17,21)/t11-/m0/s1. The number of piperazine rings is 2. The molecule has 112 valence electrons. The Labute approximate surface area is 123 Å². The third-order valence-corrected chi connectivity index (χ3v) is 4.02. The van der Waals surface area contributed by atoms with E-state index in [9.17, 15) is 9.59 Å². The first-order valence-electron chi connectivity index (χ1n) is 7.10. The smallest absolute Gasteiger partial charge is 0.244 e. The fraction of sp³-hybridized carbons (Fsp3) is 0.500. The van der Waals surface area contributed by atoms with E-state index in [1.807, 2.05) is 19.2 Å². The van der Waals surface area contributed by atoms with Gasteiger partial charge in [0.1, 0.15) is 11.9 Å². The van der Waals surface area contributed by atoms with E-state index in [2.05, 4.69) is 20.5 Å². The summed E-state index contributed by atoms with van der Waals surface area (Å²) in [5.74, 6) is 0.806. The van der Waals surface area contributed by atoms with Gasteiger partial charge in [-0.05, 0) is 6.07 Å². The molecule has 2 amide bonds. The van der Waals surface area contributed by atoms with E-state index in [4.69, 9.17) is 0 Å². The molecule has 1 aromatic heterocycles. The zero-order chi connectivity index (χ0) is 14.8. The molecule has 0 bridgehead atoms. The number of anilines is 1. The number of nitrogens with zero attached hydrogens (tertiary/aromatic N) is 3. The van der Waals surface area contributed by atoms with Gasteiger partial charge >= 0.3 is 0 Å². The van der Waals surface area contributed by atoms with Gasteiger partial charge in [-0.15, -0.1) is 0 Å². The zero-order valence-electron chi connectivity index (χ0n) is 12.0. The third kappa shape index (κ3) is 2.69. The largest absolute Gasteiger partial charge is 0.373 e. The summed E-state index contributed by atoms with van der Waals surface area (Å²) in [6, 6.07) is 3.57. The number of pyridine rings is 1. The second kappa shape index (κ2) is 5.69. The average molecular weight is 289 g/mol. The van der Waals surface area contributed by atoms with Crippen LogP contribution in [0.25, 0.3) is 0 Å². The van der Waals surface area contributed by atoms with E-state index in [1.165, 1.54) is 0 Å². The summed E-state index contributed by atoms with van der Waals surface area (Å²) in [6.45, 7) is 2.78. The van der Waals surface area contributed by atoms with Gasteiger partial charge in [0.15, 0.2) is 0 Å². The molecule has 2 saturated heterocycles. The molecular formula is C14H19N5O2. The number of rotatable bonds is 3. The SMILES string of the molecule is CNc1ncccc1CN1CCN2C(=O)CNC(=O)[C@@H]2C1. The molecule has 21 heavy (non-hydrogen) atoms. The molecule has 3 heterocycles. The van der Waals surface area contributed by atoms with Crippen molar-refractivity contribution < 1.29 is 9.59 Å². The van der Waals surface area contributed by atoms with E-state index in [0.29, 0.717) is 13.1 Å². The minimum Gasteiger partial charge on any atom is -0.373 e. The van der Waals surface area contributed by atoms with Gasteiger partial charge in [0.05, 0.1) is 6.54 Å². The van der Waals surface area contributed by atoms with Crippen molar-refractivity contribution in [2.75, 3.05) is 38.5 Å². The molecule has 7 heteroatoms. The van der Waals surface area contributed by atoms with Crippen LogP contribution in [0.3, 0.4) is 0 Å². The number of hydrogen-bond acceptors (Lipinski definition) is 5. The Balaban J connectivity index is 1.71. The highest BCUT2D eigenvalue weighted by atomic mass is 16.2. The predicted molar refractivity (Wildman–Crippen MR) is 77.6 cm³/mol. The second-order valence-corrected chi connectivity index (χ2v) is 5.32. The molecule has 0 aromatic carbocycles. The maximum absolute atomic E-state index is 11.9.